The Kier molecular flexibility index (Phi) is 9.44. The van der Waals surface area contributed by atoms with Crippen LogP contribution in [0.4, 0.5) is 5.69 Å². The average molecular weight is 580 g/mol. The number of aromatic nitrogens is 2. The zero-order valence-corrected chi connectivity index (χ0v) is 24.7. The molecule has 43 heavy (non-hydrogen) atoms. The molecule has 9 heteroatoms. The van der Waals surface area contributed by atoms with Crippen LogP contribution in [0.5, 0.6) is 5.75 Å². The second kappa shape index (κ2) is 13.6. The van der Waals surface area contributed by atoms with Crippen molar-refractivity contribution in [2.24, 2.45) is 5.92 Å². The quantitative estimate of drug-likeness (QED) is 0.295. The molecule has 5 rings (SSSR count). The molecule has 2 amide bonds. The number of likely N-dealkylation sites (N-methyl/N-ethyl adjacent to an activating group) is 1. The molecule has 1 aromatic heterocycles. The highest BCUT2D eigenvalue weighted by Gasteiger charge is 2.34. The van der Waals surface area contributed by atoms with E-state index >= 15 is 0 Å². The van der Waals surface area contributed by atoms with E-state index in [1.165, 1.54) is 35.3 Å². The largest absolute Gasteiger partial charge is 0.486 e. The summed E-state index contributed by atoms with van der Waals surface area (Å²) < 4.78 is 6.63. The van der Waals surface area contributed by atoms with Crippen LogP contribution in [0.1, 0.15) is 40.3 Å². The third-order valence-electron chi connectivity index (χ3n) is 7.74. The summed E-state index contributed by atoms with van der Waals surface area (Å²) in [6, 6.07) is 23.5. The Morgan fingerprint density at radius 2 is 1.81 bits per heavy atom. The lowest BCUT2D eigenvalue weighted by Crippen LogP contribution is -2.49. The Bertz CT molecular complexity index is 1530. The van der Waals surface area contributed by atoms with Crippen LogP contribution >= 0.6 is 0 Å². The summed E-state index contributed by atoms with van der Waals surface area (Å²) >= 11 is 0. The highest BCUT2D eigenvalue weighted by molar-refractivity contribution is 6.06. The van der Waals surface area contributed by atoms with Crippen LogP contribution in [0.25, 0.3) is 11.1 Å². The van der Waals surface area contributed by atoms with Crippen molar-refractivity contribution in [1.29, 1.82) is 0 Å². The molecular formula is C34H37N5O4. The molecule has 0 aliphatic carbocycles. The van der Waals surface area contributed by atoms with Gasteiger partial charge < -0.3 is 20.1 Å². The number of amides is 2. The first kappa shape index (κ1) is 29.9. The molecular weight excluding hydrogens is 542 g/mol. The van der Waals surface area contributed by atoms with Crippen molar-refractivity contribution in [3.05, 3.63) is 108 Å². The number of aliphatic hydroxyl groups is 1. The number of hydrogen-bond donors (Lipinski definition) is 2. The van der Waals surface area contributed by atoms with E-state index in [-0.39, 0.29) is 36.3 Å². The van der Waals surface area contributed by atoms with Crippen LogP contribution in [0.2, 0.25) is 0 Å². The number of nitrogens with one attached hydrogen (secondary N) is 1. The highest BCUT2D eigenvalue weighted by Crippen LogP contribution is 2.35. The lowest BCUT2D eigenvalue weighted by atomic mass is 9.98. The van der Waals surface area contributed by atoms with E-state index in [0.717, 1.165) is 0 Å². The van der Waals surface area contributed by atoms with E-state index < -0.39 is 5.91 Å². The van der Waals surface area contributed by atoms with Crippen LogP contribution in [0, 0.1) is 5.92 Å². The van der Waals surface area contributed by atoms with Gasteiger partial charge in [0.25, 0.3) is 11.8 Å². The number of nitrogens with zero attached hydrogens (tertiary/aromatic N) is 4. The molecule has 0 fully saturated rings. The van der Waals surface area contributed by atoms with Gasteiger partial charge in [-0.3, -0.25) is 19.5 Å². The number of para-hydroxylation sites is 1. The molecule has 0 unspecified atom stereocenters. The second-order valence-corrected chi connectivity index (χ2v) is 11.1. The maximum absolute atomic E-state index is 13.7. The van der Waals surface area contributed by atoms with Gasteiger partial charge in [0.15, 0.2) is 5.75 Å². The summed E-state index contributed by atoms with van der Waals surface area (Å²) in [5.74, 6) is -0.486. The molecule has 0 radical (unpaired) electrons. The van der Waals surface area contributed by atoms with Gasteiger partial charge in [0.05, 0.1) is 30.1 Å². The molecule has 0 spiro atoms. The first-order valence-corrected chi connectivity index (χ1v) is 14.5. The minimum atomic E-state index is -0.458. The Hall–Kier alpha value is -4.60. The van der Waals surface area contributed by atoms with Crippen molar-refractivity contribution in [2.45, 2.75) is 32.5 Å². The van der Waals surface area contributed by atoms with Crippen molar-refractivity contribution in [3.63, 3.8) is 0 Å². The van der Waals surface area contributed by atoms with Crippen LogP contribution in [-0.2, 0) is 6.54 Å². The Morgan fingerprint density at radius 1 is 1.07 bits per heavy atom. The van der Waals surface area contributed by atoms with Gasteiger partial charge in [-0.25, -0.2) is 4.98 Å². The molecule has 9 nitrogen and oxygen atoms in total. The molecule has 2 heterocycles. The lowest BCUT2D eigenvalue weighted by molar-refractivity contribution is 0.0343. The fourth-order valence-electron chi connectivity index (χ4n) is 5.28. The number of carbonyl (C=O) groups excluding carboxylic acids is 2. The summed E-state index contributed by atoms with van der Waals surface area (Å²) in [5, 5.41) is 12.8. The van der Waals surface area contributed by atoms with Crippen molar-refractivity contribution in [2.75, 3.05) is 32.1 Å². The topological polar surface area (TPSA) is 108 Å². The van der Waals surface area contributed by atoms with E-state index in [1.54, 1.807) is 23.1 Å². The van der Waals surface area contributed by atoms with E-state index in [2.05, 4.69) is 56.6 Å². The number of carbonyl (C=O) groups is 2. The number of hydrogen-bond acceptors (Lipinski definition) is 7. The number of benzene rings is 3. The summed E-state index contributed by atoms with van der Waals surface area (Å²) in [5.41, 5.74) is 4.36. The number of ether oxygens (including phenoxy) is 1. The maximum Gasteiger partial charge on any atom is 0.275 e. The number of rotatable bonds is 9. The normalized spacial score (nSPS) is 17.4. The first-order valence-electron chi connectivity index (χ1n) is 14.5. The van der Waals surface area contributed by atoms with E-state index in [1.807, 2.05) is 39.1 Å². The number of anilines is 1. The fraction of sp³-hybridized carbons (Fsp3) is 0.294. The molecule has 0 saturated carbocycles. The Morgan fingerprint density at radius 3 is 2.51 bits per heavy atom. The van der Waals surface area contributed by atoms with Crippen LogP contribution < -0.4 is 10.1 Å². The summed E-state index contributed by atoms with van der Waals surface area (Å²) in [7, 11) is 2.04. The molecule has 1 aliphatic rings. The van der Waals surface area contributed by atoms with E-state index in [0.29, 0.717) is 36.6 Å². The van der Waals surface area contributed by atoms with Gasteiger partial charge in [-0.15, -0.1) is 0 Å². The first-order chi connectivity index (χ1) is 20.8. The van der Waals surface area contributed by atoms with Gasteiger partial charge in [0, 0.05) is 37.9 Å². The summed E-state index contributed by atoms with van der Waals surface area (Å²) in [6.07, 6.45) is 4.00. The van der Waals surface area contributed by atoms with Gasteiger partial charge >= 0.3 is 0 Å². The maximum atomic E-state index is 13.7. The van der Waals surface area contributed by atoms with Gasteiger partial charge in [-0.05, 0) is 42.8 Å². The fourth-order valence-corrected chi connectivity index (χ4v) is 5.28. The van der Waals surface area contributed by atoms with Crippen molar-refractivity contribution in [1.82, 2.24) is 19.8 Å². The van der Waals surface area contributed by atoms with E-state index in [9.17, 15) is 14.7 Å². The SMILES string of the molecule is C[C@@H]1CN([C@H](C)CO)C(=O)c2cccc(NC(=O)c3cnccn3)c2O[C@@H]1CN(C)Cc1ccc(-c2ccccc2)cc1. The zero-order valence-electron chi connectivity index (χ0n) is 24.7. The molecule has 0 saturated heterocycles. The van der Waals surface area contributed by atoms with Crippen molar-refractivity contribution in [3.8, 4) is 16.9 Å². The van der Waals surface area contributed by atoms with Crippen molar-refractivity contribution < 1.29 is 19.4 Å². The van der Waals surface area contributed by atoms with Crippen molar-refractivity contribution >= 4 is 17.5 Å². The van der Waals surface area contributed by atoms with Gasteiger partial charge in [0.1, 0.15) is 11.8 Å². The van der Waals surface area contributed by atoms with Crippen LogP contribution in [-0.4, -0.2) is 75.6 Å². The van der Waals surface area contributed by atoms with Crippen LogP contribution in [0.3, 0.4) is 0 Å². The zero-order chi connectivity index (χ0) is 30.3. The molecule has 2 N–H and O–H groups in total. The standard InChI is InChI=1S/C34H37N5O4/c1-23-19-39(24(2)22-40)34(42)28-10-7-11-29(37-33(41)30-18-35-16-17-36-30)32(28)43-31(23)21-38(3)20-25-12-14-27(15-13-25)26-8-5-4-6-9-26/h4-18,23-24,31,40H,19-22H2,1-3H3,(H,37,41)/t23-,24-,31-/m1/s1. The summed E-state index contributed by atoms with van der Waals surface area (Å²) in [4.78, 5) is 38.7. The smallest absolute Gasteiger partial charge is 0.275 e. The number of fused-ring (bicyclic) bond motifs is 1. The average Bonchev–Trinajstić information content (AvgIpc) is 3.03. The Labute approximate surface area is 252 Å². The number of aliphatic hydroxyl groups excluding tert-OH is 1. The molecule has 0 bridgehead atoms. The lowest BCUT2D eigenvalue weighted by Gasteiger charge is -2.38. The summed E-state index contributed by atoms with van der Waals surface area (Å²) in [6.45, 7) is 5.40. The minimum Gasteiger partial charge on any atom is -0.486 e. The predicted octanol–water partition coefficient (Wildman–Crippen LogP) is 4.75. The van der Waals surface area contributed by atoms with Gasteiger partial charge in [-0.2, -0.15) is 0 Å². The predicted molar refractivity (Wildman–Crippen MR) is 166 cm³/mol. The third-order valence-corrected chi connectivity index (χ3v) is 7.74. The minimum absolute atomic E-state index is 0.0715. The van der Waals surface area contributed by atoms with Gasteiger partial charge in [0.2, 0.25) is 0 Å². The third kappa shape index (κ3) is 7.07. The van der Waals surface area contributed by atoms with Gasteiger partial charge in [-0.1, -0.05) is 67.6 Å². The Balaban J connectivity index is 1.39. The molecule has 3 atom stereocenters. The molecule has 4 aromatic rings. The van der Waals surface area contributed by atoms with E-state index in [4.69, 9.17) is 4.74 Å². The highest BCUT2D eigenvalue weighted by atomic mass is 16.5. The van der Waals surface area contributed by atoms with Crippen LogP contribution in [0.15, 0.2) is 91.4 Å². The molecule has 1 aliphatic heterocycles. The molecule has 3 aromatic carbocycles. The monoisotopic (exact) mass is 579 g/mol. The second-order valence-electron chi connectivity index (χ2n) is 11.1. The molecule has 222 valence electrons.